The van der Waals surface area contributed by atoms with E-state index in [1.165, 1.54) is 0 Å². The number of halogens is 3. The van der Waals surface area contributed by atoms with Crippen LogP contribution < -0.4 is 0 Å². The minimum atomic E-state index is -1.66. The minimum absolute atomic E-state index is 0.159. The van der Waals surface area contributed by atoms with Gasteiger partial charge in [-0.25, -0.2) is 18.0 Å². The highest BCUT2D eigenvalue weighted by Crippen LogP contribution is 2.36. The molecule has 5 nitrogen and oxygen atoms in total. The number of carbonyl (C=O) groups is 2. The standard InChI is InChI=1S/C16H18F3NO4/c1-16(2,3)24-15(23)20-6-9(10(7-20)14(21)22)8-4-5-11(17)13(19)12(8)18/h4-5,9-10H,6-7H2,1-3H3,(H,21,22)/t9-,10+/m0/s1. The van der Waals surface area contributed by atoms with Crippen LogP contribution in [0.4, 0.5) is 18.0 Å². The van der Waals surface area contributed by atoms with Crippen LogP contribution in [0.2, 0.25) is 0 Å². The van der Waals surface area contributed by atoms with Gasteiger partial charge in [0.15, 0.2) is 17.5 Å². The lowest BCUT2D eigenvalue weighted by Gasteiger charge is -2.24. The quantitative estimate of drug-likeness (QED) is 0.836. The van der Waals surface area contributed by atoms with Gasteiger partial charge >= 0.3 is 12.1 Å². The summed E-state index contributed by atoms with van der Waals surface area (Å²) < 4.78 is 45.7. The van der Waals surface area contributed by atoms with Gasteiger partial charge in [0.1, 0.15) is 5.60 Å². The first-order valence-electron chi connectivity index (χ1n) is 7.35. The van der Waals surface area contributed by atoms with Crippen molar-refractivity contribution < 1.29 is 32.6 Å². The molecule has 1 saturated heterocycles. The lowest BCUT2D eigenvalue weighted by molar-refractivity contribution is -0.141. The Morgan fingerprint density at radius 2 is 1.79 bits per heavy atom. The Hall–Kier alpha value is -2.25. The van der Waals surface area contributed by atoms with E-state index >= 15 is 0 Å². The molecule has 1 amide bonds. The zero-order valence-electron chi connectivity index (χ0n) is 13.5. The first-order valence-corrected chi connectivity index (χ1v) is 7.35. The highest BCUT2D eigenvalue weighted by molar-refractivity contribution is 5.76. The van der Waals surface area contributed by atoms with Crippen LogP contribution in [0.15, 0.2) is 12.1 Å². The number of ether oxygens (including phenoxy) is 1. The number of rotatable bonds is 2. The predicted octanol–water partition coefficient (Wildman–Crippen LogP) is 3.14. The minimum Gasteiger partial charge on any atom is -0.481 e. The number of carbonyl (C=O) groups excluding carboxylic acids is 1. The van der Waals surface area contributed by atoms with Crippen LogP contribution in [0.5, 0.6) is 0 Å². The summed E-state index contributed by atoms with van der Waals surface area (Å²) in [4.78, 5) is 24.7. The molecule has 0 spiro atoms. The maximum Gasteiger partial charge on any atom is 0.410 e. The number of hydrogen-bond donors (Lipinski definition) is 1. The summed E-state index contributed by atoms with van der Waals surface area (Å²) in [6, 6.07) is 1.75. The van der Waals surface area contributed by atoms with Crippen molar-refractivity contribution in [1.29, 1.82) is 0 Å². The van der Waals surface area contributed by atoms with Gasteiger partial charge in [-0.3, -0.25) is 4.79 Å². The largest absolute Gasteiger partial charge is 0.481 e. The van der Waals surface area contributed by atoms with Gasteiger partial charge in [0.05, 0.1) is 5.92 Å². The lowest BCUT2D eigenvalue weighted by atomic mass is 9.88. The maximum atomic E-state index is 14.0. The molecule has 1 aliphatic heterocycles. The summed E-state index contributed by atoms with van der Waals surface area (Å²) in [5, 5.41) is 9.32. The molecular formula is C16H18F3NO4. The summed E-state index contributed by atoms with van der Waals surface area (Å²) in [6.07, 6.45) is -0.737. The molecule has 24 heavy (non-hydrogen) atoms. The Labute approximate surface area is 137 Å². The predicted molar refractivity (Wildman–Crippen MR) is 78.0 cm³/mol. The van der Waals surface area contributed by atoms with Gasteiger partial charge in [-0.15, -0.1) is 0 Å². The third kappa shape index (κ3) is 3.63. The van der Waals surface area contributed by atoms with Gasteiger partial charge in [-0.2, -0.15) is 0 Å². The van der Waals surface area contributed by atoms with Crippen LogP contribution in [0.1, 0.15) is 32.3 Å². The van der Waals surface area contributed by atoms with Crippen molar-refractivity contribution >= 4 is 12.1 Å². The third-order valence-electron chi connectivity index (χ3n) is 3.75. The number of nitrogens with zero attached hydrogens (tertiary/aromatic N) is 1. The Morgan fingerprint density at radius 3 is 2.33 bits per heavy atom. The first kappa shape index (κ1) is 18.1. The molecule has 0 radical (unpaired) electrons. The van der Waals surface area contributed by atoms with Crippen LogP contribution in [-0.4, -0.2) is 40.8 Å². The molecule has 0 unspecified atom stereocenters. The molecular weight excluding hydrogens is 327 g/mol. The monoisotopic (exact) mass is 345 g/mol. The van der Waals surface area contributed by atoms with E-state index in [1.54, 1.807) is 20.8 Å². The van der Waals surface area contributed by atoms with Crippen LogP contribution in [0.3, 0.4) is 0 Å². The molecule has 0 aliphatic carbocycles. The molecule has 1 aromatic carbocycles. The second-order valence-electron chi connectivity index (χ2n) is 6.70. The maximum absolute atomic E-state index is 14.0. The molecule has 132 valence electrons. The van der Waals surface area contributed by atoms with E-state index < -0.39 is 47.0 Å². The SMILES string of the molecule is CC(C)(C)OC(=O)N1C[C@@H](C(=O)O)[C@H](c2ccc(F)c(F)c2F)C1. The number of carboxylic acids is 1. The fourth-order valence-electron chi connectivity index (χ4n) is 2.67. The Bertz CT molecular complexity index is 672. The normalized spacial score (nSPS) is 21.0. The van der Waals surface area contributed by atoms with Crippen LogP contribution in [0.25, 0.3) is 0 Å². The van der Waals surface area contributed by atoms with E-state index in [4.69, 9.17) is 4.74 Å². The average Bonchev–Trinajstić information content (AvgIpc) is 2.88. The van der Waals surface area contributed by atoms with Gasteiger partial charge in [0, 0.05) is 19.0 Å². The smallest absolute Gasteiger partial charge is 0.410 e. The highest BCUT2D eigenvalue weighted by Gasteiger charge is 2.43. The fraction of sp³-hybridized carbons (Fsp3) is 0.500. The van der Waals surface area contributed by atoms with E-state index in [0.29, 0.717) is 0 Å². The van der Waals surface area contributed by atoms with Crippen molar-refractivity contribution in [2.24, 2.45) is 5.92 Å². The number of amides is 1. The molecule has 0 aromatic heterocycles. The molecule has 0 bridgehead atoms. The number of benzene rings is 1. The number of hydrogen-bond acceptors (Lipinski definition) is 3. The Kier molecular flexibility index (Phi) is 4.77. The molecule has 0 saturated carbocycles. The third-order valence-corrected chi connectivity index (χ3v) is 3.75. The second kappa shape index (κ2) is 6.33. The topological polar surface area (TPSA) is 66.8 Å². The molecule has 1 heterocycles. The van der Waals surface area contributed by atoms with Crippen LogP contribution in [0, 0.1) is 23.4 Å². The zero-order chi connectivity index (χ0) is 18.2. The van der Waals surface area contributed by atoms with E-state index in [0.717, 1.165) is 17.0 Å². The highest BCUT2D eigenvalue weighted by atomic mass is 19.2. The number of likely N-dealkylation sites (tertiary alicyclic amines) is 1. The average molecular weight is 345 g/mol. The van der Waals surface area contributed by atoms with E-state index in [-0.39, 0.29) is 18.7 Å². The van der Waals surface area contributed by atoms with Crippen molar-refractivity contribution in [2.75, 3.05) is 13.1 Å². The summed E-state index contributed by atoms with van der Waals surface area (Å²) in [5.41, 5.74) is -1.05. The summed E-state index contributed by atoms with van der Waals surface area (Å²) in [5.74, 6) is -7.84. The van der Waals surface area contributed by atoms with E-state index in [9.17, 15) is 27.9 Å². The van der Waals surface area contributed by atoms with Crippen LogP contribution in [-0.2, 0) is 9.53 Å². The van der Waals surface area contributed by atoms with Crippen molar-refractivity contribution in [1.82, 2.24) is 4.90 Å². The summed E-state index contributed by atoms with van der Waals surface area (Å²) >= 11 is 0. The van der Waals surface area contributed by atoms with Gasteiger partial charge in [-0.1, -0.05) is 6.07 Å². The van der Waals surface area contributed by atoms with Crippen molar-refractivity contribution in [2.45, 2.75) is 32.3 Å². The molecule has 8 heteroatoms. The Morgan fingerprint density at radius 1 is 1.17 bits per heavy atom. The van der Waals surface area contributed by atoms with Crippen LogP contribution >= 0.6 is 0 Å². The van der Waals surface area contributed by atoms with Gasteiger partial charge < -0.3 is 14.7 Å². The second-order valence-corrected chi connectivity index (χ2v) is 6.70. The molecule has 1 aromatic rings. The van der Waals surface area contributed by atoms with E-state index in [2.05, 4.69) is 0 Å². The number of aliphatic carboxylic acids is 1. The zero-order valence-corrected chi connectivity index (χ0v) is 13.5. The fourth-order valence-corrected chi connectivity index (χ4v) is 2.67. The summed E-state index contributed by atoms with van der Waals surface area (Å²) in [6.45, 7) is 4.60. The molecule has 1 aliphatic rings. The van der Waals surface area contributed by atoms with Crippen molar-refractivity contribution in [3.63, 3.8) is 0 Å². The first-order chi connectivity index (χ1) is 11.0. The lowest BCUT2D eigenvalue weighted by Crippen LogP contribution is -2.35. The van der Waals surface area contributed by atoms with Gasteiger partial charge in [-0.05, 0) is 32.4 Å². The molecule has 2 atom stereocenters. The van der Waals surface area contributed by atoms with Gasteiger partial charge in [0.25, 0.3) is 0 Å². The van der Waals surface area contributed by atoms with Crippen molar-refractivity contribution in [3.05, 3.63) is 35.1 Å². The Balaban J connectivity index is 2.31. The molecule has 1 N–H and O–H groups in total. The molecule has 1 fully saturated rings. The molecule has 2 rings (SSSR count). The van der Waals surface area contributed by atoms with Gasteiger partial charge in [0.2, 0.25) is 0 Å². The summed E-state index contributed by atoms with van der Waals surface area (Å²) in [7, 11) is 0. The van der Waals surface area contributed by atoms with E-state index in [1.807, 2.05) is 0 Å². The van der Waals surface area contributed by atoms with Crippen molar-refractivity contribution in [3.8, 4) is 0 Å². The number of carboxylic acid groups (broad SMARTS) is 1.